The number of carbonyl (C=O) groups is 1. The van der Waals surface area contributed by atoms with Gasteiger partial charge in [0, 0.05) is 31.2 Å². The second-order valence-electron chi connectivity index (χ2n) is 7.47. The van der Waals surface area contributed by atoms with E-state index in [9.17, 15) is 9.18 Å². The number of benzene rings is 1. The monoisotopic (exact) mass is 356 g/mol. The van der Waals surface area contributed by atoms with E-state index in [-0.39, 0.29) is 23.7 Å². The number of piperidine rings is 1. The minimum Gasteiger partial charge on any atom is -0.334 e. The first-order chi connectivity index (χ1) is 12.6. The Kier molecular flexibility index (Phi) is 4.76. The van der Waals surface area contributed by atoms with Crippen LogP contribution >= 0.6 is 0 Å². The van der Waals surface area contributed by atoms with Crippen LogP contribution in [0.15, 0.2) is 36.5 Å². The molecule has 3 atom stereocenters. The van der Waals surface area contributed by atoms with E-state index in [1.807, 2.05) is 34.0 Å². The van der Waals surface area contributed by atoms with Crippen LogP contribution in [-0.2, 0) is 0 Å². The molecule has 138 valence electrons. The molecule has 0 bridgehead atoms. The van der Waals surface area contributed by atoms with Gasteiger partial charge in [-0.15, -0.1) is 0 Å². The van der Waals surface area contributed by atoms with Gasteiger partial charge in [0.1, 0.15) is 11.5 Å². The van der Waals surface area contributed by atoms with Crippen LogP contribution in [0.2, 0.25) is 0 Å². The standard InChI is InChI=1S/C20H25FN4O/c1-14-11-16(15-4-6-17(21)7-5-15)13-24(14)20(26)19-8-10-25(23-19)18-3-2-9-22-12-18/h4-8,10,14,16,18,22H,2-3,9,11-13H2,1H3. The highest BCUT2D eigenvalue weighted by molar-refractivity contribution is 5.92. The molecule has 3 unspecified atom stereocenters. The summed E-state index contributed by atoms with van der Waals surface area (Å²) in [4.78, 5) is 14.9. The summed E-state index contributed by atoms with van der Waals surface area (Å²) in [5.74, 6) is 0.0132. The third kappa shape index (κ3) is 3.38. The Labute approximate surface area is 153 Å². The van der Waals surface area contributed by atoms with Gasteiger partial charge in [-0.2, -0.15) is 5.10 Å². The van der Waals surface area contributed by atoms with Gasteiger partial charge in [0.2, 0.25) is 0 Å². The van der Waals surface area contributed by atoms with E-state index in [4.69, 9.17) is 0 Å². The van der Waals surface area contributed by atoms with Crippen molar-refractivity contribution >= 4 is 5.91 Å². The van der Waals surface area contributed by atoms with Crippen molar-refractivity contribution in [3.8, 4) is 0 Å². The zero-order valence-corrected chi connectivity index (χ0v) is 15.1. The first-order valence-electron chi connectivity index (χ1n) is 9.44. The predicted molar refractivity (Wildman–Crippen MR) is 97.6 cm³/mol. The Morgan fingerprint density at radius 1 is 1.27 bits per heavy atom. The Morgan fingerprint density at radius 2 is 2.08 bits per heavy atom. The molecular formula is C20H25FN4O. The molecule has 2 saturated heterocycles. The van der Waals surface area contributed by atoms with E-state index in [1.54, 1.807) is 0 Å². The second kappa shape index (κ2) is 7.19. The lowest BCUT2D eigenvalue weighted by atomic mass is 9.97. The number of aromatic nitrogens is 2. The SMILES string of the molecule is CC1CC(c2ccc(F)cc2)CN1C(=O)c1ccn(C2CCCNC2)n1. The van der Waals surface area contributed by atoms with E-state index >= 15 is 0 Å². The Morgan fingerprint density at radius 3 is 2.81 bits per heavy atom. The molecule has 0 aliphatic carbocycles. The van der Waals surface area contributed by atoms with Gasteiger partial charge in [0.25, 0.3) is 5.91 Å². The summed E-state index contributed by atoms with van der Waals surface area (Å²) >= 11 is 0. The molecule has 5 nitrogen and oxygen atoms in total. The van der Waals surface area contributed by atoms with E-state index in [0.29, 0.717) is 18.3 Å². The number of rotatable bonds is 3. The lowest BCUT2D eigenvalue weighted by Crippen LogP contribution is -2.35. The number of hydrogen-bond donors (Lipinski definition) is 1. The van der Waals surface area contributed by atoms with Crippen molar-refractivity contribution in [1.29, 1.82) is 0 Å². The van der Waals surface area contributed by atoms with Gasteiger partial charge >= 0.3 is 0 Å². The van der Waals surface area contributed by atoms with Gasteiger partial charge in [-0.25, -0.2) is 4.39 Å². The number of amides is 1. The molecule has 2 aliphatic rings. The van der Waals surface area contributed by atoms with Crippen molar-refractivity contribution in [3.63, 3.8) is 0 Å². The summed E-state index contributed by atoms with van der Waals surface area (Å²) in [6.45, 7) is 4.69. The molecule has 3 heterocycles. The average Bonchev–Trinajstić information content (AvgIpc) is 3.30. The fourth-order valence-corrected chi connectivity index (χ4v) is 4.15. The van der Waals surface area contributed by atoms with Crippen molar-refractivity contribution in [3.05, 3.63) is 53.6 Å². The first-order valence-corrected chi connectivity index (χ1v) is 9.44. The highest BCUT2D eigenvalue weighted by Crippen LogP contribution is 2.32. The summed E-state index contributed by atoms with van der Waals surface area (Å²) in [5.41, 5.74) is 1.61. The van der Waals surface area contributed by atoms with Crippen LogP contribution in [0.25, 0.3) is 0 Å². The van der Waals surface area contributed by atoms with Gasteiger partial charge in [-0.1, -0.05) is 12.1 Å². The van der Waals surface area contributed by atoms with Gasteiger partial charge in [-0.3, -0.25) is 9.48 Å². The number of nitrogens with one attached hydrogen (secondary N) is 1. The van der Waals surface area contributed by atoms with E-state index in [0.717, 1.165) is 37.9 Å². The fourth-order valence-electron chi connectivity index (χ4n) is 4.15. The summed E-state index contributed by atoms with van der Waals surface area (Å²) in [7, 11) is 0. The average molecular weight is 356 g/mol. The quantitative estimate of drug-likeness (QED) is 0.920. The molecule has 2 fully saturated rings. The number of nitrogens with zero attached hydrogens (tertiary/aromatic N) is 3. The maximum atomic E-state index is 13.2. The largest absolute Gasteiger partial charge is 0.334 e. The maximum absolute atomic E-state index is 13.2. The molecule has 0 radical (unpaired) electrons. The summed E-state index contributed by atoms with van der Waals surface area (Å²) in [6.07, 6.45) is 5.04. The van der Waals surface area contributed by atoms with Gasteiger partial charge < -0.3 is 10.2 Å². The Balaban J connectivity index is 1.46. The van der Waals surface area contributed by atoms with Crippen LogP contribution in [-0.4, -0.2) is 46.3 Å². The minimum atomic E-state index is -0.226. The van der Waals surface area contributed by atoms with Gasteiger partial charge in [0.15, 0.2) is 0 Å². The Hall–Kier alpha value is -2.21. The number of hydrogen-bond acceptors (Lipinski definition) is 3. The number of likely N-dealkylation sites (tertiary alicyclic amines) is 1. The third-order valence-corrected chi connectivity index (χ3v) is 5.65. The van der Waals surface area contributed by atoms with Crippen molar-refractivity contribution < 1.29 is 9.18 Å². The summed E-state index contributed by atoms with van der Waals surface area (Å²) in [6, 6.07) is 8.94. The molecule has 0 saturated carbocycles. The summed E-state index contributed by atoms with van der Waals surface area (Å²) in [5, 5.41) is 7.94. The van der Waals surface area contributed by atoms with Crippen molar-refractivity contribution in [2.75, 3.05) is 19.6 Å². The molecule has 1 N–H and O–H groups in total. The van der Waals surface area contributed by atoms with Gasteiger partial charge in [-0.05, 0) is 56.5 Å². The van der Waals surface area contributed by atoms with E-state index in [1.165, 1.54) is 12.1 Å². The van der Waals surface area contributed by atoms with E-state index in [2.05, 4.69) is 17.3 Å². The normalized spacial score (nSPS) is 26.2. The minimum absolute atomic E-state index is 0.00960. The molecule has 2 aromatic rings. The number of carbonyl (C=O) groups excluding carboxylic acids is 1. The maximum Gasteiger partial charge on any atom is 0.274 e. The first kappa shape index (κ1) is 17.2. The number of halogens is 1. The molecule has 1 aromatic carbocycles. The smallest absolute Gasteiger partial charge is 0.274 e. The van der Waals surface area contributed by atoms with Crippen molar-refractivity contribution in [1.82, 2.24) is 20.0 Å². The topological polar surface area (TPSA) is 50.2 Å². The van der Waals surface area contributed by atoms with Crippen molar-refractivity contribution in [2.24, 2.45) is 0 Å². The van der Waals surface area contributed by atoms with Crippen LogP contribution in [0.3, 0.4) is 0 Å². The Bertz CT molecular complexity index is 766. The molecule has 0 spiro atoms. The lowest BCUT2D eigenvalue weighted by Gasteiger charge is -2.23. The molecule has 26 heavy (non-hydrogen) atoms. The zero-order valence-electron chi connectivity index (χ0n) is 15.1. The van der Waals surface area contributed by atoms with Crippen LogP contribution in [0.4, 0.5) is 4.39 Å². The molecular weight excluding hydrogens is 331 g/mol. The molecule has 1 aromatic heterocycles. The van der Waals surface area contributed by atoms with Crippen molar-refractivity contribution in [2.45, 2.75) is 44.2 Å². The van der Waals surface area contributed by atoms with Crippen LogP contribution in [0, 0.1) is 5.82 Å². The highest BCUT2D eigenvalue weighted by atomic mass is 19.1. The van der Waals surface area contributed by atoms with Crippen LogP contribution in [0.5, 0.6) is 0 Å². The van der Waals surface area contributed by atoms with E-state index < -0.39 is 0 Å². The van der Waals surface area contributed by atoms with Crippen LogP contribution < -0.4 is 5.32 Å². The molecule has 4 rings (SSSR count). The molecule has 6 heteroatoms. The van der Waals surface area contributed by atoms with Crippen LogP contribution in [0.1, 0.15) is 54.2 Å². The molecule has 2 aliphatic heterocycles. The highest BCUT2D eigenvalue weighted by Gasteiger charge is 2.34. The molecule has 1 amide bonds. The fraction of sp³-hybridized carbons (Fsp3) is 0.500. The predicted octanol–water partition coefficient (Wildman–Crippen LogP) is 2.96. The zero-order chi connectivity index (χ0) is 18.1. The second-order valence-corrected chi connectivity index (χ2v) is 7.47. The summed E-state index contributed by atoms with van der Waals surface area (Å²) < 4.78 is 15.1. The lowest BCUT2D eigenvalue weighted by molar-refractivity contribution is 0.0738. The van der Waals surface area contributed by atoms with Gasteiger partial charge in [0.05, 0.1) is 6.04 Å². The third-order valence-electron chi connectivity index (χ3n) is 5.65.